The van der Waals surface area contributed by atoms with Gasteiger partial charge < -0.3 is 15.3 Å². The van der Waals surface area contributed by atoms with E-state index in [-0.39, 0.29) is 0 Å². The van der Waals surface area contributed by atoms with Gasteiger partial charge in [-0.25, -0.2) is 0 Å². The summed E-state index contributed by atoms with van der Waals surface area (Å²) in [5.74, 6) is 0. The molecule has 3 atom stereocenters. The maximum absolute atomic E-state index is 10.9. The molecule has 0 unspecified atom stereocenters. The molecule has 4 rings (SSSR count). The number of benzene rings is 3. The lowest BCUT2D eigenvalue weighted by molar-refractivity contribution is 0.0903. The average molecular weight is 490 g/mol. The van der Waals surface area contributed by atoms with E-state index in [0.717, 1.165) is 56.0 Å². The van der Waals surface area contributed by atoms with Gasteiger partial charge in [0.1, 0.15) is 0 Å². The van der Waals surface area contributed by atoms with Crippen LogP contribution in [0, 0.1) is 0 Å². The van der Waals surface area contributed by atoms with Crippen molar-refractivity contribution >= 4 is 0 Å². The topological polar surface area (TPSA) is 70.4 Å². The van der Waals surface area contributed by atoms with Gasteiger partial charge in [-0.15, -0.1) is 0 Å². The van der Waals surface area contributed by atoms with Crippen molar-refractivity contribution in [2.75, 3.05) is 58.9 Å². The van der Waals surface area contributed by atoms with Crippen LogP contribution in [-0.2, 0) is 0 Å². The van der Waals surface area contributed by atoms with Crippen LogP contribution in [0.4, 0.5) is 0 Å². The van der Waals surface area contributed by atoms with Crippen LogP contribution in [0.5, 0.6) is 0 Å². The van der Waals surface area contributed by atoms with E-state index in [1.54, 1.807) is 0 Å². The Morgan fingerprint density at radius 2 is 0.639 bits per heavy atom. The zero-order chi connectivity index (χ0) is 25.2. The molecule has 3 aromatic rings. The molecular weight excluding hydrogens is 450 g/mol. The van der Waals surface area contributed by atoms with Crippen LogP contribution >= 0.6 is 0 Å². The molecule has 1 fully saturated rings. The molecule has 1 heterocycles. The number of hydrogen-bond acceptors (Lipinski definition) is 6. The molecule has 1 aliphatic rings. The molecule has 0 aromatic heterocycles. The van der Waals surface area contributed by atoms with Crippen LogP contribution in [0.15, 0.2) is 91.0 Å². The maximum Gasteiger partial charge on any atom is 0.0916 e. The zero-order valence-electron chi connectivity index (χ0n) is 20.9. The van der Waals surface area contributed by atoms with E-state index in [4.69, 9.17) is 0 Å². The van der Waals surface area contributed by atoms with E-state index in [1.807, 2.05) is 91.0 Å². The Bertz CT molecular complexity index is 862. The van der Waals surface area contributed by atoms with Crippen LogP contribution in [0.2, 0.25) is 0 Å². The predicted molar refractivity (Wildman–Crippen MR) is 144 cm³/mol. The number of rotatable bonds is 9. The second-order valence-electron chi connectivity index (χ2n) is 9.68. The molecule has 192 valence electrons. The highest BCUT2D eigenvalue weighted by Crippen LogP contribution is 2.18. The summed E-state index contributed by atoms with van der Waals surface area (Å²) in [5, 5.41) is 32.6. The van der Waals surface area contributed by atoms with Crippen molar-refractivity contribution in [3.05, 3.63) is 108 Å². The van der Waals surface area contributed by atoms with Gasteiger partial charge in [-0.2, -0.15) is 0 Å². The molecule has 3 aromatic carbocycles. The Morgan fingerprint density at radius 1 is 0.417 bits per heavy atom. The largest absolute Gasteiger partial charge is 0.387 e. The third kappa shape index (κ3) is 7.96. The first kappa shape index (κ1) is 26.5. The standard InChI is InChI=1S/C30H39N3O3/c34-28(25-10-4-1-5-11-25)22-31-16-18-32(23-29(35)26-12-6-2-7-13-26)20-21-33(19-17-31)24-30(36)27-14-8-3-9-15-27/h1-15,28-30,34-36H,16-24H2/t28-,29-,30-/m1/s1. The van der Waals surface area contributed by atoms with Crippen molar-refractivity contribution in [1.29, 1.82) is 0 Å². The van der Waals surface area contributed by atoms with E-state index in [2.05, 4.69) is 14.7 Å². The highest BCUT2D eigenvalue weighted by molar-refractivity contribution is 5.19. The molecule has 0 saturated carbocycles. The SMILES string of the molecule is O[C@H](CN1CCN(C[C@@H](O)c2ccccc2)CCN(C[C@@H](O)c2ccccc2)CC1)c1ccccc1. The molecule has 6 heteroatoms. The monoisotopic (exact) mass is 489 g/mol. The van der Waals surface area contributed by atoms with Crippen LogP contribution in [0.25, 0.3) is 0 Å². The van der Waals surface area contributed by atoms with Crippen molar-refractivity contribution in [2.45, 2.75) is 18.3 Å². The van der Waals surface area contributed by atoms with Gasteiger partial charge in [0.25, 0.3) is 0 Å². The van der Waals surface area contributed by atoms with Gasteiger partial charge in [-0.05, 0) is 16.7 Å². The number of hydrogen-bond donors (Lipinski definition) is 3. The Labute approximate surface area is 215 Å². The summed E-state index contributed by atoms with van der Waals surface area (Å²) in [4.78, 5) is 6.90. The average Bonchev–Trinajstić information content (AvgIpc) is 3.01. The van der Waals surface area contributed by atoms with Crippen molar-refractivity contribution in [2.24, 2.45) is 0 Å². The van der Waals surface area contributed by atoms with Gasteiger partial charge in [-0.1, -0.05) is 91.0 Å². The summed E-state index contributed by atoms with van der Waals surface area (Å²) in [7, 11) is 0. The lowest BCUT2D eigenvalue weighted by Gasteiger charge is -2.28. The first-order valence-electron chi connectivity index (χ1n) is 12.9. The highest BCUT2D eigenvalue weighted by atomic mass is 16.3. The lowest BCUT2D eigenvalue weighted by Crippen LogP contribution is -2.39. The van der Waals surface area contributed by atoms with Gasteiger partial charge in [0, 0.05) is 58.9 Å². The predicted octanol–water partition coefficient (Wildman–Crippen LogP) is 3.11. The number of nitrogens with zero attached hydrogens (tertiary/aromatic N) is 3. The maximum atomic E-state index is 10.9. The minimum absolute atomic E-state index is 0.550. The quantitative estimate of drug-likeness (QED) is 0.429. The minimum Gasteiger partial charge on any atom is -0.387 e. The molecule has 0 amide bonds. The molecule has 6 nitrogen and oxygen atoms in total. The van der Waals surface area contributed by atoms with Gasteiger partial charge in [0.15, 0.2) is 0 Å². The van der Waals surface area contributed by atoms with Gasteiger partial charge >= 0.3 is 0 Å². The van der Waals surface area contributed by atoms with E-state index < -0.39 is 18.3 Å². The summed E-state index contributed by atoms with van der Waals surface area (Å²) < 4.78 is 0. The van der Waals surface area contributed by atoms with Gasteiger partial charge in [-0.3, -0.25) is 14.7 Å². The highest BCUT2D eigenvalue weighted by Gasteiger charge is 2.22. The van der Waals surface area contributed by atoms with Crippen molar-refractivity contribution in [3.8, 4) is 0 Å². The fourth-order valence-corrected chi connectivity index (χ4v) is 4.81. The van der Waals surface area contributed by atoms with Crippen molar-refractivity contribution in [1.82, 2.24) is 14.7 Å². The first-order chi connectivity index (χ1) is 17.6. The van der Waals surface area contributed by atoms with E-state index >= 15 is 0 Å². The Morgan fingerprint density at radius 3 is 0.861 bits per heavy atom. The first-order valence-corrected chi connectivity index (χ1v) is 12.9. The van der Waals surface area contributed by atoms with Crippen molar-refractivity contribution < 1.29 is 15.3 Å². The fraction of sp³-hybridized carbons (Fsp3) is 0.400. The smallest absolute Gasteiger partial charge is 0.0916 e. The molecule has 1 aliphatic heterocycles. The van der Waals surface area contributed by atoms with Gasteiger partial charge in [0.2, 0.25) is 0 Å². The van der Waals surface area contributed by atoms with E-state index in [9.17, 15) is 15.3 Å². The molecule has 36 heavy (non-hydrogen) atoms. The lowest BCUT2D eigenvalue weighted by atomic mass is 10.1. The summed E-state index contributed by atoms with van der Waals surface area (Å²) in [6, 6.07) is 29.4. The Hall–Kier alpha value is -2.58. The molecule has 0 aliphatic carbocycles. The molecule has 3 N–H and O–H groups in total. The Balaban J connectivity index is 1.44. The van der Waals surface area contributed by atoms with Crippen LogP contribution < -0.4 is 0 Å². The molecule has 0 radical (unpaired) electrons. The van der Waals surface area contributed by atoms with Crippen molar-refractivity contribution in [3.63, 3.8) is 0 Å². The van der Waals surface area contributed by atoms with Crippen LogP contribution in [-0.4, -0.2) is 88.9 Å². The number of aliphatic hydroxyl groups is 3. The summed E-state index contributed by atoms with van der Waals surface area (Å²) in [5.41, 5.74) is 2.76. The molecule has 1 saturated heterocycles. The summed E-state index contributed by atoms with van der Waals surface area (Å²) >= 11 is 0. The summed E-state index contributed by atoms with van der Waals surface area (Å²) in [6.45, 7) is 6.49. The zero-order valence-corrected chi connectivity index (χ0v) is 20.9. The van der Waals surface area contributed by atoms with E-state index in [1.165, 1.54) is 0 Å². The Kier molecular flexibility index (Phi) is 10.0. The second kappa shape index (κ2) is 13.7. The van der Waals surface area contributed by atoms with Crippen LogP contribution in [0.1, 0.15) is 35.0 Å². The molecule has 0 bridgehead atoms. The molecular formula is C30H39N3O3. The normalized spacial score (nSPS) is 19.1. The van der Waals surface area contributed by atoms with E-state index in [0.29, 0.717) is 19.6 Å². The summed E-state index contributed by atoms with van der Waals surface area (Å²) in [6.07, 6.45) is -1.67. The third-order valence-corrected chi connectivity index (χ3v) is 7.04. The third-order valence-electron chi connectivity index (χ3n) is 7.04. The molecule has 0 spiro atoms. The fourth-order valence-electron chi connectivity index (χ4n) is 4.81. The number of aliphatic hydroxyl groups excluding tert-OH is 3. The van der Waals surface area contributed by atoms with Crippen LogP contribution in [0.3, 0.4) is 0 Å². The minimum atomic E-state index is -0.557. The second-order valence-corrected chi connectivity index (χ2v) is 9.68. The number of β-amino-alcohol motifs (C(OH)–C–C–N with tert-alkyl or cyclic N) is 3. The van der Waals surface area contributed by atoms with Gasteiger partial charge in [0.05, 0.1) is 18.3 Å².